The number of carbonyl (C=O) groups excluding carboxylic acids is 5. The molecule has 0 spiro atoms. The number of carboxylic acids is 1. The van der Waals surface area contributed by atoms with Gasteiger partial charge in [0.2, 0.25) is 11.8 Å². The third kappa shape index (κ3) is 18.8. The van der Waals surface area contributed by atoms with E-state index in [2.05, 4.69) is 16.1 Å². The van der Waals surface area contributed by atoms with Gasteiger partial charge < -0.3 is 35.5 Å². The van der Waals surface area contributed by atoms with Gasteiger partial charge in [-0.2, -0.15) is 0 Å². The number of nitrogens with zero attached hydrogens (tertiary/aromatic N) is 1. The first kappa shape index (κ1) is 51.0. The second-order valence-electron chi connectivity index (χ2n) is 16.8. The molecule has 15 heteroatoms. The summed E-state index contributed by atoms with van der Waals surface area (Å²) in [6.07, 6.45) is 13.7. The number of allylic oxidation sites excluding steroid dienone is 7. The molecule has 1 aromatic rings. The fourth-order valence-electron chi connectivity index (χ4n) is 6.47. The minimum atomic E-state index is -1.36. The quantitative estimate of drug-likeness (QED) is 0.0495. The summed E-state index contributed by atoms with van der Waals surface area (Å²) < 4.78 is 19.5. The highest BCUT2D eigenvalue weighted by Crippen LogP contribution is 2.23. The molecule has 0 bridgehead atoms. The number of aromatic hydroxyl groups is 1. The summed E-state index contributed by atoms with van der Waals surface area (Å²) in [6, 6.07) is -0.377. The fraction of sp³-hybridized carbons (Fsp3) is 0.556. The smallest absolute Gasteiger partial charge is 0.331 e. The topological polar surface area (TPSA) is 212 Å². The normalized spacial score (nSPS) is 17.7. The summed E-state index contributed by atoms with van der Waals surface area (Å²) in [5.74, 6) is -7.00. The van der Waals surface area contributed by atoms with Crippen LogP contribution >= 0.6 is 0 Å². The van der Waals surface area contributed by atoms with Gasteiger partial charge in [0, 0.05) is 31.5 Å². The molecule has 1 aliphatic heterocycles. The third-order valence-corrected chi connectivity index (χ3v) is 9.75. The van der Waals surface area contributed by atoms with Gasteiger partial charge in [-0.1, -0.05) is 62.8 Å². The number of esters is 1. The maximum Gasteiger partial charge on any atom is 0.331 e. The van der Waals surface area contributed by atoms with E-state index in [1.54, 1.807) is 47.6 Å². The second kappa shape index (κ2) is 24.8. The van der Waals surface area contributed by atoms with Gasteiger partial charge in [-0.3, -0.25) is 24.2 Å². The van der Waals surface area contributed by atoms with Gasteiger partial charge in [-0.15, -0.1) is 0 Å². The molecule has 6 N–H and O–H groups in total. The molecule has 1 heterocycles. The number of amides is 3. The minimum Gasteiger partial charge on any atom is -0.508 e. The summed E-state index contributed by atoms with van der Waals surface area (Å²) in [6.45, 7) is 14.0. The Bertz CT molecular complexity index is 1750. The molecule has 1 fully saturated rings. The van der Waals surface area contributed by atoms with Crippen LogP contribution in [0, 0.1) is 23.6 Å². The molecule has 14 nitrogen and oxygen atoms in total. The lowest BCUT2D eigenvalue weighted by molar-refractivity contribution is -0.149. The number of ketones is 1. The van der Waals surface area contributed by atoms with Crippen LogP contribution in [0.15, 0.2) is 66.3 Å². The molecule has 60 heavy (non-hydrogen) atoms. The predicted octanol–water partition coefficient (Wildman–Crippen LogP) is 5.39. The highest BCUT2D eigenvalue weighted by molar-refractivity contribution is 5.93. The van der Waals surface area contributed by atoms with Gasteiger partial charge in [0.05, 0.1) is 12.0 Å². The number of ether oxygens (including phenoxy) is 1. The van der Waals surface area contributed by atoms with Gasteiger partial charge in [-0.25, -0.2) is 14.6 Å². The van der Waals surface area contributed by atoms with Crippen molar-refractivity contribution in [1.82, 2.24) is 21.1 Å². The number of aliphatic carboxylic acids is 1. The first-order valence-corrected chi connectivity index (χ1v) is 20.5. The van der Waals surface area contributed by atoms with E-state index in [1.807, 2.05) is 37.3 Å². The molecular weight excluding hydrogens is 776 g/mol. The van der Waals surface area contributed by atoms with Crippen LogP contribution in [0.3, 0.4) is 0 Å². The number of phenols is 1. The molecule has 3 amide bonds. The van der Waals surface area contributed by atoms with E-state index in [0.717, 1.165) is 35.6 Å². The van der Waals surface area contributed by atoms with Crippen LogP contribution < -0.4 is 16.1 Å². The summed E-state index contributed by atoms with van der Waals surface area (Å²) >= 11 is 0. The number of rotatable bonds is 22. The van der Waals surface area contributed by atoms with Gasteiger partial charge in [0.15, 0.2) is 0 Å². The molecule has 2 rings (SSSR count). The number of hydrogen-bond acceptors (Lipinski definition) is 10. The Hall–Kier alpha value is -5.15. The van der Waals surface area contributed by atoms with Crippen LogP contribution in [0.5, 0.6) is 5.75 Å². The van der Waals surface area contributed by atoms with E-state index in [-0.39, 0.29) is 43.6 Å². The van der Waals surface area contributed by atoms with Crippen molar-refractivity contribution in [1.29, 1.82) is 0 Å². The lowest BCUT2D eigenvalue weighted by Crippen LogP contribution is -2.62. The van der Waals surface area contributed by atoms with Crippen molar-refractivity contribution in [3.05, 3.63) is 77.7 Å². The van der Waals surface area contributed by atoms with E-state index in [9.17, 15) is 48.5 Å². The number of nitrogens with one attached hydrogen (secondary N) is 3. The number of carboxylic acid groups (broad SMARTS) is 1. The zero-order chi connectivity index (χ0) is 45.2. The number of Topliss-reactive ketones (excluding diaryl/α,β-unsaturated/α-hetero) is 1. The number of aliphatic hydroxyl groups is 1. The van der Waals surface area contributed by atoms with E-state index < -0.39 is 88.8 Å². The van der Waals surface area contributed by atoms with Crippen LogP contribution in [-0.2, 0) is 39.9 Å². The molecule has 6 atom stereocenters. The Morgan fingerprint density at radius 3 is 2.28 bits per heavy atom. The Morgan fingerprint density at radius 1 is 0.983 bits per heavy atom. The summed E-state index contributed by atoms with van der Waals surface area (Å²) in [4.78, 5) is 77.1. The van der Waals surface area contributed by atoms with Gasteiger partial charge in [0.25, 0.3) is 5.91 Å². The number of benzene rings is 1. The van der Waals surface area contributed by atoms with Crippen molar-refractivity contribution in [2.75, 3.05) is 6.54 Å². The molecule has 2 unspecified atom stereocenters. The number of hydrogen-bond donors (Lipinski definition) is 6. The Kier molecular flexibility index (Phi) is 21.1. The monoisotopic (exact) mass is 840 g/mol. The Morgan fingerprint density at radius 2 is 1.67 bits per heavy atom. The van der Waals surface area contributed by atoms with Crippen molar-refractivity contribution >= 4 is 35.4 Å². The second-order valence-corrected chi connectivity index (χ2v) is 16.8. The van der Waals surface area contributed by atoms with Crippen LogP contribution in [0.25, 0.3) is 0 Å². The van der Waals surface area contributed by atoms with Gasteiger partial charge >= 0.3 is 11.9 Å². The fourth-order valence-corrected chi connectivity index (χ4v) is 6.47. The van der Waals surface area contributed by atoms with Crippen molar-refractivity contribution in [3.8, 4) is 5.75 Å². The third-order valence-electron chi connectivity index (χ3n) is 9.75. The number of halogens is 1. The largest absolute Gasteiger partial charge is 0.508 e. The molecule has 332 valence electrons. The molecule has 0 aromatic heterocycles. The minimum absolute atomic E-state index is 0.0148. The molecule has 1 aliphatic rings. The zero-order valence-corrected chi connectivity index (χ0v) is 36.2. The molecule has 0 radical (unpaired) electrons. The number of phenolic OH excluding ortho intramolecular Hbond substituents is 1. The highest BCUT2D eigenvalue weighted by atomic mass is 19.1. The SMILES string of the molecule is CC(=O)CC[C@@H](C(=O)NC(C(=O)N[C@@H](Cc1cc(O)cc(F)c1)C(=O)N1CCCC(C(=O)O)N1)C(C)C)[C@H](O)[C@@H](C)C/C=C/C=C/CC/C(C)=C/C=C/C(=O)OC(C)(C)C. The van der Waals surface area contributed by atoms with Crippen molar-refractivity contribution in [2.24, 2.45) is 17.8 Å². The molecule has 1 aromatic carbocycles. The van der Waals surface area contributed by atoms with Gasteiger partial charge in [0.1, 0.15) is 41.1 Å². The van der Waals surface area contributed by atoms with Crippen LogP contribution in [0.2, 0.25) is 0 Å². The van der Waals surface area contributed by atoms with E-state index >= 15 is 0 Å². The average molecular weight is 841 g/mol. The number of carbonyl (C=O) groups is 6. The number of aliphatic hydroxyl groups excluding tert-OH is 1. The summed E-state index contributed by atoms with van der Waals surface area (Å²) in [5, 5.41) is 37.5. The lowest BCUT2D eigenvalue weighted by atomic mass is 9.85. The maximum atomic E-state index is 14.2. The summed E-state index contributed by atoms with van der Waals surface area (Å²) in [7, 11) is 0. The van der Waals surface area contributed by atoms with Crippen LogP contribution in [0.1, 0.15) is 106 Å². The summed E-state index contributed by atoms with van der Waals surface area (Å²) in [5.41, 5.74) is 3.37. The number of hydrazine groups is 1. The first-order chi connectivity index (χ1) is 28.1. The van der Waals surface area contributed by atoms with Crippen molar-refractivity contribution < 1.29 is 53.2 Å². The van der Waals surface area contributed by atoms with Crippen molar-refractivity contribution in [2.45, 2.75) is 137 Å². The van der Waals surface area contributed by atoms with Crippen molar-refractivity contribution in [3.63, 3.8) is 0 Å². The zero-order valence-electron chi connectivity index (χ0n) is 36.2. The van der Waals surface area contributed by atoms with E-state index in [1.165, 1.54) is 19.1 Å². The van der Waals surface area contributed by atoms with Crippen LogP contribution in [0.4, 0.5) is 4.39 Å². The maximum absolute atomic E-state index is 14.2. The Labute approximate surface area is 353 Å². The molecular formula is C45H65FN4O10. The van der Waals surface area contributed by atoms with Crippen LogP contribution in [-0.4, -0.2) is 92.1 Å². The Balaban J connectivity index is 2.15. The highest BCUT2D eigenvalue weighted by Gasteiger charge is 2.37. The van der Waals surface area contributed by atoms with Gasteiger partial charge in [-0.05, 0) is 103 Å². The standard InChI is InChI=1S/C45H65FN4O10/c1-28(2)39(42(56)47-37(26-32-24-33(46)27-34(52)25-32)43(57)50-23-15-19-36(49-50)44(58)59)48-41(55)35(22-21-31(5)51)40(54)30(4)18-13-11-9-10-12-16-29(3)17-14-20-38(53)60-45(6,7)8/h9-11,13-14,17,20,24-25,27-28,30,35-37,39-40,49,52,54H,12,15-16,18-19,21-23,26H2,1-8H3,(H,47,56)(H,48,55)(H,58,59)/b10-9+,13-11+,20-14+,29-17+/t30-,35+,36?,37-,39?,40+/m0/s1. The van der Waals surface area contributed by atoms with E-state index in [4.69, 9.17) is 4.74 Å². The molecule has 1 saturated heterocycles. The predicted molar refractivity (Wildman–Crippen MR) is 225 cm³/mol. The average Bonchev–Trinajstić information content (AvgIpc) is 3.14. The lowest BCUT2D eigenvalue weighted by Gasteiger charge is -2.35. The van der Waals surface area contributed by atoms with E-state index in [0.29, 0.717) is 12.8 Å². The molecule has 0 aliphatic carbocycles. The molecule has 0 saturated carbocycles. The first-order valence-electron chi connectivity index (χ1n) is 20.5.